The summed E-state index contributed by atoms with van der Waals surface area (Å²) in [4.78, 5) is 23.3. The summed E-state index contributed by atoms with van der Waals surface area (Å²) in [5.41, 5.74) is 2.14. The second kappa shape index (κ2) is 7.86. The number of benzene rings is 2. The molecule has 0 fully saturated rings. The van der Waals surface area contributed by atoms with Gasteiger partial charge in [-0.2, -0.15) is 0 Å². The predicted molar refractivity (Wildman–Crippen MR) is 99.7 cm³/mol. The van der Waals surface area contributed by atoms with Crippen molar-refractivity contribution >= 4 is 28.4 Å². The van der Waals surface area contributed by atoms with E-state index in [0.717, 1.165) is 22.5 Å². The summed E-state index contributed by atoms with van der Waals surface area (Å²) >= 11 is 0. The van der Waals surface area contributed by atoms with E-state index in [4.69, 9.17) is 0 Å². The molecule has 0 unspecified atom stereocenters. The number of aliphatic hydroxyl groups excluding tert-OH is 1. The van der Waals surface area contributed by atoms with Crippen LogP contribution in [0.3, 0.4) is 0 Å². The third-order valence-corrected chi connectivity index (χ3v) is 4.08. The molecule has 27 heavy (non-hydrogen) atoms. The van der Waals surface area contributed by atoms with Crippen LogP contribution in [-0.2, 0) is 20.9 Å². The number of para-hydroxylation sites is 1. The zero-order valence-corrected chi connectivity index (χ0v) is 14.7. The SMILES string of the molecule is CCOC(=O)C(=O)/C=C(\O)c1cn(Cc2ccc(F)cc2)c2ccccc12. The smallest absolute Gasteiger partial charge is 0.379 e. The van der Waals surface area contributed by atoms with Crippen LogP contribution < -0.4 is 0 Å². The van der Waals surface area contributed by atoms with Gasteiger partial charge in [-0.05, 0) is 30.7 Å². The van der Waals surface area contributed by atoms with E-state index in [1.165, 1.54) is 12.1 Å². The molecule has 0 spiro atoms. The van der Waals surface area contributed by atoms with Crippen molar-refractivity contribution in [2.45, 2.75) is 13.5 Å². The van der Waals surface area contributed by atoms with Gasteiger partial charge >= 0.3 is 5.97 Å². The molecule has 2 aromatic carbocycles. The fourth-order valence-electron chi connectivity index (χ4n) is 2.83. The maximum atomic E-state index is 13.1. The Morgan fingerprint density at radius 3 is 2.56 bits per heavy atom. The van der Waals surface area contributed by atoms with E-state index in [2.05, 4.69) is 4.74 Å². The number of ether oxygens (including phenoxy) is 1. The number of carbonyl (C=O) groups is 2. The molecule has 0 aliphatic carbocycles. The first-order valence-electron chi connectivity index (χ1n) is 8.44. The van der Waals surface area contributed by atoms with E-state index in [-0.39, 0.29) is 18.2 Å². The molecule has 0 aliphatic rings. The third-order valence-electron chi connectivity index (χ3n) is 4.08. The van der Waals surface area contributed by atoms with Crippen LogP contribution >= 0.6 is 0 Å². The molecule has 1 heterocycles. The van der Waals surface area contributed by atoms with Crippen LogP contribution in [0.5, 0.6) is 0 Å². The number of nitrogens with zero attached hydrogens (tertiary/aromatic N) is 1. The number of fused-ring (bicyclic) bond motifs is 1. The Kier molecular flexibility index (Phi) is 5.35. The Hall–Kier alpha value is -3.41. The van der Waals surface area contributed by atoms with Gasteiger partial charge in [0.05, 0.1) is 6.61 Å². The van der Waals surface area contributed by atoms with E-state index < -0.39 is 11.8 Å². The summed E-state index contributed by atoms with van der Waals surface area (Å²) in [6, 6.07) is 13.5. The second-order valence-electron chi connectivity index (χ2n) is 5.93. The first-order valence-corrected chi connectivity index (χ1v) is 8.44. The van der Waals surface area contributed by atoms with Gasteiger partial charge in [-0.1, -0.05) is 30.3 Å². The first-order chi connectivity index (χ1) is 13.0. The average Bonchev–Trinajstić information content (AvgIpc) is 3.02. The molecular weight excluding hydrogens is 349 g/mol. The highest BCUT2D eigenvalue weighted by Crippen LogP contribution is 2.27. The minimum atomic E-state index is -1.01. The molecule has 0 radical (unpaired) electrons. The lowest BCUT2D eigenvalue weighted by atomic mass is 10.1. The van der Waals surface area contributed by atoms with Crippen LogP contribution in [0.15, 0.2) is 60.8 Å². The molecule has 0 amide bonds. The van der Waals surface area contributed by atoms with Gasteiger partial charge in [-0.15, -0.1) is 0 Å². The molecule has 3 aromatic rings. The summed E-state index contributed by atoms with van der Waals surface area (Å²) in [6.45, 7) is 2.13. The molecule has 3 rings (SSSR count). The number of halogens is 1. The van der Waals surface area contributed by atoms with Crippen LogP contribution in [0.25, 0.3) is 16.7 Å². The largest absolute Gasteiger partial charge is 0.507 e. The van der Waals surface area contributed by atoms with Crippen molar-refractivity contribution in [3.8, 4) is 0 Å². The maximum Gasteiger partial charge on any atom is 0.379 e. The molecule has 6 heteroatoms. The topological polar surface area (TPSA) is 68.5 Å². The van der Waals surface area contributed by atoms with Gasteiger partial charge in [0, 0.05) is 35.3 Å². The molecular formula is C21H18FNO4. The zero-order chi connectivity index (χ0) is 19.4. The average molecular weight is 367 g/mol. The lowest BCUT2D eigenvalue weighted by Crippen LogP contribution is -2.15. The minimum absolute atomic E-state index is 0.0795. The Labute approximate surface area is 155 Å². The Bertz CT molecular complexity index is 1020. The zero-order valence-electron chi connectivity index (χ0n) is 14.7. The molecule has 1 aromatic heterocycles. The quantitative estimate of drug-likeness (QED) is 0.311. The molecule has 1 N–H and O–H groups in total. The van der Waals surface area contributed by atoms with E-state index in [9.17, 15) is 19.1 Å². The van der Waals surface area contributed by atoms with Gasteiger partial charge in [-0.25, -0.2) is 9.18 Å². The Morgan fingerprint density at radius 1 is 1.15 bits per heavy atom. The number of aromatic nitrogens is 1. The fraction of sp³-hybridized carbons (Fsp3) is 0.143. The highest BCUT2D eigenvalue weighted by Gasteiger charge is 2.17. The van der Waals surface area contributed by atoms with Crippen LogP contribution in [0.4, 0.5) is 4.39 Å². The molecule has 0 saturated carbocycles. The van der Waals surface area contributed by atoms with Gasteiger partial charge in [0.25, 0.3) is 5.78 Å². The molecule has 0 aliphatic heterocycles. The highest BCUT2D eigenvalue weighted by molar-refractivity contribution is 6.39. The fourth-order valence-corrected chi connectivity index (χ4v) is 2.83. The van der Waals surface area contributed by atoms with E-state index >= 15 is 0 Å². The van der Waals surface area contributed by atoms with Crippen molar-refractivity contribution in [3.05, 3.63) is 77.7 Å². The van der Waals surface area contributed by atoms with Crippen molar-refractivity contribution in [3.63, 3.8) is 0 Å². The van der Waals surface area contributed by atoms with E-state index in [1.807, 2.05) is 28.8 Å². The van der Waals surface area contributed by atoms with Crippen molar-refractivity contribution in [2.24, 2.45) is 0 Å². The van der Waals surface area contributed by atoms with Crippen LogP contribution in [-0.4, -0.2) is 28.0 Å². The first kappa shape index (κ1) is 18.4. The summed E-state index contributed by atoms with van der Waals surface area (Å²) in [5, 5.41) is 11.1. The predicted octanol–water partition coefficient (Wildman–Crippen LogP) is 3.86. The van der Waals surface area contributed by atoms with Gasteiger partial charge in [-0.3, -0.25) is 4.79 Å². The number of esters is 1. The van der Waals surface area contributed by atoms with Gasteiger partial charge in [0.2, 0.25) is 0 Å². The normalized spacial score (nSPS) is 11.6. The van der Waals surface area contributed by atoms with Crippen molar-refractivity contribution in [1.29, 1.82) is 0 Å². The summed E-state index contributed by atoms with van der Waals surface area (Å²) in [5.74, 6) is -2.57. The van der Waals surface area contributed by atoms with E-state index in [1.54, 1.807) is 25.3 Å². The highest BCUT2D eigenvalue weighted by atomic mass is 19.1. The molecule has 138 valence electrons. The van der Waals surface area contributed by atoms with Gasteiger partial charge in [0.15, 0.2) is 0 Å². The Morgan fingerprint density at radius 2 is 1.85 bits per heavy atom. The van der Waals surface area contributed by atoms with Gasteiger partial charge < -0.3 is 14.4 Å². The van der Waals surface area contributed by atoms with Crippen LogP contribution in [0.2, 0.25) is 0 Å². The van der Waals surface area contributed by atoms with Crippen molar-refractivity contribution in [2.75, 3.05) is 6.61 Å². The van der Waals surface area contributed by atoms with Crippen LogP contribution in [0, 0.1) is 5.82 Å². The lowest BCUT2D eigenvalue weighted by Gasteiger charge is -2.05. The van der Waals surface area contributed by atoms with Crippen molar-refractivity contribution in [1.82, 2.24) is 4.57 Å². The number of ketones is 1. The number of hydrogen-bond acceptors (Lipinski definition) is 4. The van der Waals surface area contributed by atoms with Crippen molar-refractivity contribution < 1.29 is 23.8 Å². The number of hydrogen-bond donors (Lipinski definition) is 1. The maximum absolute atomic E-state index is 13.1. The Balaban J connectivity index is 1.98. The molecule has 0 saturated heterocycles. The van der Waals surface area contributed by atoms with Crippen LogP contribution in [0.1, 0.15) is 18.1 Å². The molecule has 0 bridgehead atoms. The third kappa shape index (κ3) is 4.06. The summed E-state index contributed by atoms with van der Waals surface area (Å²) in [7, 11) is 0. The summed E-state index contributed by atoms with van der Waals surface area (Å²) < 4.78 is 19.6. The summed E-state index contributed by atoms with van der Waals surface area (Å²) in [6.07, 6.45) is 2.56. The number of carbonyl (C=O) groups excluding carboxylic acids is 2. The molecule has 5 nitrogen and oxygen atoms in total. The monoisotopic (exact) mass is 367 g/mol. The molecule has 0 atom stereocenters. The minimum Gasteiger partial charge on any atom is -0.507 e. The number of aliphatic hydroxyl groups is 1. The standard InChI is InChI=1S/C21H18FNO4/c1-2-27-21(26)20(25)11-19(24)17-13-23(18-6-4-3-5-16(17)18)12-14-7-9-15(22)10-8-14/h3-11,13,24H,2,12H2,1H3/b19-11-. The van der Waals surface area contributed by atoms with Gasteiger partial charge in [0.1, 0.15) is 11.6 Å². The second-order valence-corrected chi connectivity index (χ2v) is 5.93. The lowest BCUT2D eigenvalue weighted by molar-refractivity contribution is -0.151. The number of rotatable bonds is 6. The van der Waals surface area contributed by atoms with E-state index in [0.29, 0.717) is 12.1 Å².